The number of aryl methyl sites for hydroxylation is 2. The smallest absolute Gasteiger partial charge is 0.273 e. The molecule has 0 bridgehead atoms. The van der Waals surface area contributed by atoms with Crippen molar-refractivity contribution in [3.8, 4) is 0 Å². The largest absolute Gasteiger partial charge is 0.348 e. The van der Waals surface area contributed by atoms with Crippen LogP contribution < -0.4 is 5.32 Å². The molecule has 8 nitrogen and oxygen atoms in total. The number of carbonyl (C=O) groups excluding carboxylic acids is 2. The van der Waals surface area contributed by atoms with Gasteiger partial charge in [0.15, 0.2) is 5.69 Å². The van der Waals surface area contributed by atoms with Crippen LogP contribution in [-0.2, 0) is 17.8 Å². The Labute approximate surface area is 171 Å². The Morgan fingerprint density at radius 3 is 2.93 bits per heavy atom. The fourth-order valence-electron chi connectivity index (χ4n) is 3.70. The third-order valence-corrected chi connectivity index (χ3v) is 5.18. The molecule has 0 radical (unpaired) electrons. The molecule has 1 aliphatic heterocycles. The molecular formula is C21H30N6O2. The van der Waals surface area contributed by atoms with Gasteiger partial charge in [-0.25, -0.2) is 0 Å². The van der Waals surface area contributed by atoms with Gasteiger partial charge in [0.2, 0.25) is 5.91 Å². The molecule has 1 saturated heterocycles. The van der Waals surface area contributed by atoms with E-state index < -0.39 is 0 Å². The molecule has 2 aromatic rings. The predicted molar refractivity (Wildman–Crippen MR) is 109 cm³/mol. The van der Waals surface area contributed by atoms with Crippen molar-refractivity contribution in [2.45, 2.75) is 71.0 Å². The summed E-state index contributed by atoms with van der Waals surface area (Å²) >= 11 is 0. The number of nitrogens with zero attached hydrogens (tertiary/aromatic N) is 5. The van der Waals surface area contributed by atoms with Crippen LogP contribution in [0.3, 0.4) is 0 Å². The maximum Gasteiger partial charge on any atom is 0.273 e. The van der Waals surface area contributed by atoms with E-state index in [1.807, 2.05) is 37.1 Å². The maximum atomic E-state index is 12.8. The Bertz CT molecular complexity index is 805. The summed E-state index contributed by atoms with van der Waals surface area (Å²) in [5.41, 5.74) is 1.41. The molecular weight excluding hydrogens is 368 g/mol. The standard InChI is InChI=1S/C21H30N6O2/c1-16(2)23-21(29)19-15-26(25-24-19)13-10-18-7-3-4-12-27(18)20(28)9-8-17-6-5-11-22-14-17/h5-6,11,14-16,18H,3-4,7-10,12-13H2,1-2H3,(H,23,29)/t18-/m1/s1. The summed E-state index contributed by atoms with van der Waals surface area (Å²) in [4.78, 5) is 31.0. The van der Waals surface area contributed by atoms with E-state index in [1.165, 1.54) is 0 Å². The fourth-order valence-corrected chi connectivity index (χ4v) is 3.70. The lowest BCUT2D eigenvalue weighted by atomic mass is 9.98. The third kappa shape index (κ3) is 6.10. The van der Waals surface area contributed by atoms with Gasteiger partial charge in [-0.2, -0.15) is 0 Å². The number of piperidine rings is 1. The molecule has 3 rings (SSSR count). The number of pyridine rings is 1. The second-order valence-electron chi connectivity index (χ2n) is 7.88. The lowest BCUT2D eigenvalue weighted by Gasteiger charge is -2.36. The number of hydrogen-bond acceptors (Lipinski definition) is 5. The van der Waals surface area contributed by atoms with Crippen LogP contribution in [0.15, 0.2) is 30.7 Å². The summed E-state index contributed by atoms with van der Waals surface area (Å²) in [6, 6.07) is 4.17. The number of hydrogen-bond donors (Lipinski definition) is 1. The Kier molecular flexibility index (Phi) is 7.32. The van der Waals surface area contributed by atoms with Gasteiger partial charge in [-0.1, -0.05) is 11.3 Å². The van der Waals surface area contributed by atoms with Crippen molar-refractivity contribution < 1.29 is 9.59 Å². The summed E-state index contributed by atoms with van der Waals surface area (Å²) < 4.78 is 1.70. The van der Waals surface area contributed by atoms with E-state index in [0.29, 0.717) is 25.1 Å². The molecule has 1 atom stereocenters. The molecule has 29 heavy (non-hydrogen) atoms. The highest BCUT2D eigenvalue weighted by Gasteiger charge is 2.26. The Hall–Kier alpha value is -2.77. The van der Waals surface area contributed by atoms with Crippen LogP contribution in [0.2, 0.25) is 0 Å². The predicted octanol–water partition coefficient (Wildman–Crippen LogP) is 2.22. The quantitative estimate of drug-likeness (QED) is 0.736. The van der Waals surface area contributed by atoms with Gasteiger partial charge < -0.3 is 10.2 Å². The van der Waals surface area contributed by atoms with E-state index in [0.717, 1.165) is 37.8 Å². The maximum absolute atomic E-state index is 12.8. The second kappa shape index (κ2) is 10.1. The second-order valence-corrected chi connectivity index (χ2v) is 7.88. The van der Waals surface area contributed by atoms with Crippen molar-refractivity contribution in [2.24, 2.45) is 0 Å². The zero-order valence-corrected chi connectivity index (χ0v) is 17.3. The molecule has 3 heterocycles. The van der Waals surface area contributed by atoms with Gasteiger partial charge in [0.05, 0.1) is 6.20 Å². The van der Waals surface area contributed by atoms with Crippen molar-refractivity contribution in [1.82, 2.24) is 30.2 Å². The van der Waals surface area contributed by atoms with Crippen molar-refractivity contribution in [2.75, 3.05) is 6.54 Å². The number of rotatable bonds is 8. The molecule has 0 saturated carbocycles. The fraction of sp³-hybridized carbons (Fsp3) is 0.571. The topological polar surface area (TPSA) is 93.0 Å². The van der Waals surface area contributed by atoms with Crippen molar-refractivity contribution in [3.63, 3.8) is 0 Å². The number of carbonyl (C=O) groups is 2. The molecule has 1 aliphatic rings. The molecule has 1 N–H and O–H groups in total. The lowest BCUT2D eigenvalue weighted by Crippen LogP contribution is -2.44. The molecule has 0 unspecified atom stereocenters. The summed E-state index contributed by atoms with van der Waals surface area (Å²) in [5, 5.41) is 10.9. The van der Waals surface area contributed by atoms with Crippen molar-refractivity contribution in [3.05, 3.63) is 42.0 Å². The average molecular weight is 399 g/mol. The Morgan fingerprint density at radius 1 is 1.31 bits per heavy atom. The average Bonchev–Trinajstić information content (AvgIpc) is 3.20. The van der Waals surface area contributed by atoms with Crippen LogP contribution in [0, 0.1) is 0 Å². The van der Waals surface area contributed by atoms with Crippen LogP contribution in [0.4, 0.5) is 0 Å². The number of likely N-dealkylation sites (tertiary alicyclic amines) is 1. The van der Waals surface area contributed by atoms with Gasteiger partial charge in [-0.05, 0) is 57.6 Å². The van der Waals surface area contributed by atoms with E-state index in [2.05, 4.69) is 20.6 Å². The van der Waals surface area contributed by atoms with Crippen LogP contribution in [0.25, 0.3) is 0 Å². The number of nitrogens with one attached hydrogen (secondary N) is 1. The van der Waals surface area contributed by atoms with Crippen molar-refractivity contribution >= 4 is 11.8 Å². The molecule has 2 amide bonds. The SMILES string of the molecule is CC(C)NC(=O)c1cn(CC[C@H]2CCCCN2C(=O)CCc2cccnc2)nn1. The van der Waals surface area contributed by atoms with E-state index in [1.54, 1.807) is 17.1 Å². The van der Waals surface area contributed by atoms with E-state index >= 15 is 0 Å². The summed E-state index contributed by atoms with van der Waals surface area (Å²) in [7, 11) is 0. The van der Waals surface area contributed by atoms with E-state index in [9.17, 15) is 9.59 Å². The Morgan fingerprint density at radius 2 is 2.17 bits per heavy atom. The summed E-state index contributed by atoms with van der Waals surface area (Å²) in [5.74, 6) is -0.00901. The molecule has 1 fully saturated rings. The minimum atomic E-state index is -0.212. The summed E-state index contributed by atoms with van der Waals surface area (Å²) in [6.07, 6.45) is 10.5. The molecule has 0 aliphatic carbocycles. The lowest BCUT2D eigenvalue weighted by molar-refractivity contribution is -0.135. The highest BCUT2D eigenvalue weighted by Crippen LogP contribution is 2.21. The number of amides is 2. The summed E-state index contributed by atoms with van der Waals surface area (Å²) in [6.45, 7) is 5.27. The third-order valence-electron chi connectivity index (χ3n) is 5.18. The highest BCUT2D eigenvalue weighted by molar-refractivity contribution is 5.91. The van der Waals surface area contributed by atoms with Gasteiger partial charge in [0, 0.05) is 44.0 Å². The minimum Gasteiger partial charge on any atom is -0.348 e. The molecule has 0 aromatic carbocycles. The van der Waals surface area contributed by atoms with Crippen LogP contribution in [-0.4, -0.2) is 55.3 Å². The minimum absolute atomic E-state index is 0.0566. The monoisotopic (exact) mass is 398 g/mol. The first kappa shape index (κ1) is 21.0. The van der Waals surface area contributed by atoms with Crippen LogP contribution in [0.1, 0.15) is 62.0 Å². The van der Waals surface area contributed by atoms with Gasteiger partial charge in [0.25, 0.3) is 5.91 Å². The van der Waals surface area contributed by atoms with Crippen molar-refractivity contribution in [1.29, 1.82) is 0 Å². The zero-order valence-electron chi connectivity index (χ0n) is 17.3. The van der Waals surface area contributed by atoms with Gasteiger partial charge >= 0.3 is 0 Å². The first-order chi connectivity index (χ1) is 14.0. The first-order valence-corrected chi connectivity index (χ1v) is 10.4. The zero-order chi connectivity index (χ0) is 20.6. The number of aromatic nitrogens is 4. The first-order valence-electron chi connectivity index (χ1n) is 10.4. The molecule has 0 spiro atoms. The van der Waals surface area contributed by atoms with E-state index in [4.69, 9.17) is 0 Å². The molecule has 156 valence electrons. The van der Waals surface area contributed by atoms with E-state index in [-0.39, 0.29) is 23.9 Å². The highest BCUT2D eigenvalue weighted by atomic mass is 16.2. The molecule has 2 aromatic heterocycles. The van der Waals surface area contributed by atoms with Gasteiger partial charge in [-0.3, -0.25) is 19.3 Å². The van der Waals surface area contributed by atoms with Gasteiger partial charge in [0.1, 0.15) is 0 Å². The van der Waals surface area contributed by atoms with Gasteiger partial charge in [-0.15, -0.1) is 5.10 Å². The molecule has 8 heteroatoms. The Balaban J connectivity index is 1.52. The van der Waals surface area contributed by atoms with Crippen LogP contribution in [0.5, 0.6) is 0 Å². The van der Waals surface area contributed by atoms with Crippen LogP contribution >= 0.6 is 0 Å². The normalized spacial score (nSPS) is 16.8.